The summed E-state index contributed by atoms with van der Waals surface area (Å²) in [6.07, 6.45) is 0. The van der Waals surface area contributed by atoms with Gasteiger partial charge < -0.3 is 14.8 Å². The van der Waals surface area contributed by atoms with Crippen LogP contribution in [-0.2, 0) is 4.74 Å². The number of ether oxygens (including phenoxy) is 2. The zero-order valence-electron chi connectivity index (χ0n) is 9.49. The first-order valence-electron chi connectivity index (χ1n) is 5.03. The average molecular weight is 246 g/mol. The molecule has 5 nitrogen and oxygen atoms in total. The van der Waals surface area contributed by atoms with Gasteiger partial charge in [-0.25, -0.2) is 4.98 Å². The number of halogens is 1. The van der Waals surface area contributed by atoms with Crippen LogP contribution in [0.4, 0.5) is 5.82 Å². The number of anilines is 1. The van der Waals surface area contributed by atoms with Crippen molar-refractivity contribution < 1.29 is 9.47 Å². The molecule has 0 aromatic carbocycles. The Hall–Kier alpha value is -1.07. The van der Waals surface area contributed by atoms with Gasteiger partial charge in [-0.15, -0.1) is 11.6 Å². The molecule has 1 aromatic rings. The van der Waals surface area contributed by atoms with Crippen LogP contribution in [-0.4, -0.2) is 42.7 Å². The van der Waals surface area contributed by atoms with Crippen LogP contribution in [0, 0.1) is 6.92 Å². The molecule has 0 aliphatic heterocycles. The number of nitrogens with zero attached hydrogens (tertiary/aromatic N) is 2. The van der Waals surface area contributed by atoms with Gasteiger partial charge in [0.05, 0.1) is 20.3 Å². The lowest BCUT2D eigenvalue weighted by Gasteiger charge is -2.07. The number of alkyl halides is 1. The number of rotatable bonds is 7. The largest absolute Gasteiger partial charge is 0.481 e. The zero-order valence-corrected chi connectivity index (χ0v) is 10.3. The molecule has 0 spiro atoms. The van der Waals surface area contributed by atoms with Crippen LogP contribution >= 0.6 is 11.6 Å². The Morgan fingerprint density at radius 2 is 2.19 bits per heavy atom. The summed E-state index contributed by atoms with van der Waals surface area (Å²) < 4.78 is 10.3. The topological polar surface area (TPSA) is 56.3 Å². The lowest BCUT2D eigenvalue weighted by atomic mass is 10.5. The molecule has 0 bridgehead atoms. The Bertz CT molecular complexity index is 323. The van der Waals surface area contributed by atoms with Gasteiger partial charge in [-0.05, 0) is 6.92 Å². The van der Waals surface area contributed by atoms with Crippen LogP contribution in [0.15, 0.2) is 6.07 Å². The maximum Gasteiger partial charge on any atom is 0.218 e. The summed E-state index contributed by atoms with van der Waals surface area (Å²) in [5, 5.41) is 3.12. The molecule has 0 atom stereocenters. The highest BCUT2D eigenvalue weighted by Gasteiger charge is 2.00. The molecule has 6 heteroatoms. The average Bonchev–Trinajstić information content (AvgIpc) is 2.28. The number of methoxy groups -OCH3 is 1. The van der Waals surface area contributed by atoms with Crippen molar-refractivity contribution in [1.82, 2.24) is 9.97 Å². The highest BCUT2D eigenvalue weighted by Crippen LogP contribution is 2.11. The van der Waals surface area contributed by atoms with Crippen molar-refractivity contribution in [2.45, 2.75) is 6.92 Å². The fourth-order valence-corrected chi connectivity index (χ4v) is 1.25. The van der Waals surface area contributed by atoms with Crippen LogP contribution in [0.2, 0.25) is 0 Å². The van der Waals surface area contributed by atoms with Crippen molar-refractivity contribution in [3.8, 4) is 5.88 Å². The van der Waals surface area contributed by atoms with E-state index in [0.717, 1.165) is 5.82 Å². The summed E-state index contributed by atoms with van der Waals surface area (Å²) in [6.45, 7) is 3.65. The summed E-state index contributed by atoms with van der Waals surface area (Å²) in [4.78, 5) is 8.30. The molecule has 0 saturated carbocycles. The molecule has 1 rings (SSSR count). The zero-order chi connectivity index (χ0) is 11.8. The van der Waals surface area contributed by atoms with E-state index < -0.39 is 0 Å². The minimum Gasteiger partial charge on any atom is -0.481 e. The minimum atomic E-state index is 0.514. The lowest BCUT2D eigenvalue weighted by Crippen LogP contribution is -2.12. The maximum absolute atomic E-state index is 5.48. The predicted octanol–water partition coefficient (Wildman–Crippen LogP) is 1.46. The Morgan fingerprint density at radius 1 is 1.38 bits per heavy atom. The molecular formula is C10H16ClN3O2. The summed E-state index contributed by atoms with van der Waals surface area (Å²) in [7, 11) is 1.58. The number of aromatic nitrogens is 2. The highest BCUT2D eigenvalue weighted by molar-refractivity contribution is 6.17. The molecule has 0 aliphatic rings. The van der Waals surface area contributed by atoms with E-state index >= 15 is 0 Å². The molecule has 0 saturated heterocycles. The van der Waals surface area contributed by atoms with E-state index in [-0.39, 0.29) is 0 Å². The molecule has 1 aromatic heterocycles. The Kier molecular flexibility index (Phi) is 5.88. The first-order chi connectivity index (χ1) is 7.76. The van der Waals surface area contributed by atoms with E-state index in [4.69, 9.17) is 21.1 Å². The van der Waals surface area contributed by atoms with Gasteiger partial charge in [-0.2, -0.15) is 4.98 Å². The third-order valence-corrected chi connectivity index (χ3v) is 1.95. The molecule has 1 heterocycles. The smallest absolute Gasteiger partial charge is 0.218 e. The summed E-state index contributed by atoms with van der Waals surface area (Å²) in [5.74, 6) is 2.47. The third kappa shape index (κ3) is 4.63. The van der Waals surface area contributed by atoms with Crippen molar-refractivity contribution in [3.63, 3.8) is 0 Å². The van der Waals surface area contributed by atoms with Crippen molar-refractivity contribution in [2.75, 3.05) is 38.1 Å². The normalized spacial score (nSPS) is 10.2. The monoisotopic (exact) mass is 245 g/mol. The van der Waals surface area contributed by atoms with E-state index in [1.807, 2.05) is 6.92 Å². The number of hydrogen-bond donors (Lipinski definition) is 1. The molecule has 0 radical (unpaired) electrons. The van der Waals surface area contributed by atoms with Gasteiger partial charge in [-0.3, -0.25) is 0 Å². The maximum atomic E-state index is 5.48. The first-order valence-corrected chi connectivity index (χ1v) is 5.57. The Labute approximate surface area is 100 Å². The standard InChI is InChI=1S/C10H16ClN3O2/c1-8-13-9(7-10(14-8)15-2)12-4-6-16-5-3-11/h7H,3-6H2,1-2H3,(H,12,13,14). The van der Waals surface area contributed by atoms with E-state index in [1.54, 1.807) is 13.2 Å². The highest BCUT2D eigenvalue weighted by atomic mass is 35.5. The number of nitrogens with one attached hydrogen (secondary N) is 1. The van der Waals surface area contributed by atoms with Crippen LogP contribution in [0.25, 0.3) is 0 Å². The molecule has 0 fully saturated rings. The molecule has 0 aliphatic carbocycles. The quantitative estimate of drug-likeness (QED) is 0.582. The van der Waals surface area contributed by atoms with Crippen molar-refractivity contribution in [1.29, 1.82) is 0 Å². The van der Waals surface area contributed by atoms with Gasteiger partial charge in [0, 0.05) is 18.5 Å². The van der Waals surface area contributed by atoms with Crippen LogP contribution in [0.1, 0.15) is 5.82 Å². The number of hydrogen-bond acceptors (Lipinski definition) is 5. The van der Waals surface area contributed by atoms with Crippen LogP contribution in [0.5, 0.6) is 5.88 Å². The molecule has 0 amide bonds. The van der Waals surface area contributed by atoms with E-state index in [2.05, 4.69) is 15.3 Å². The van der Waals surface area contributed by atoms with Crippen LogP contribution < -0.4 is 10.1 Å². The third-order valence-electron chi connectivity index (χ3n) is 1.80. The number of aryl methyl sites for hydroxylation is 1. The van der Waals surface area contributed by atoms with E-state index in [1.165, 1.54) is 0 Å². The molecule has 90 valence electrons. The molecule has 1 N–H and O–H groups in total. The van der Waals surface area contributed by atoms with Crippen LogP contribution in [0.3, 0.4) is 0 Å². The predicted molar refractivity (Wildman–Crippen MR) is 63.3 cm³/mol. The Balaban J connectivity index is 2.38. The lowest BCUT2D eigenvalue weighted by molar-refractivity contribution is 0.160. The second kappa shape index (κ2) is 7.24. The Morgan fingerprint density at radius 3 is 2.88 bits per heavy atom. The molecular weight excluding hydrogens is 230 g/mol. The second-order valence-electron chi connectivity index (χ2n) is 3.07. The van der Waals surface area contributed by atoms with Gasteiger partial charge in [0.15, 0.2) is 0 Å². The van der Waals surface area contributed by atoms with Gasteiger partial charge in [-0.1, -0.05) is 0 Å². The SMILES string of the molecule is COc1cc(NCCOCCCl)nc(C)n1. The van der Waals surface area contributed by atoms with Crippen molar-refractivity contribution in [2.24, 2.45) is 0 Å². The minimum absolute atomic E-state index is 0.514. The summed E-state index contributed by atoms with van der Waals surface area (Å²) >= 11 is 5.48. The van der Waals surface area contributed by atoms with E-state index in [9.17, 15) is 0 Å². The summed E-state index contributed by atoms with van der Waals surface area (Å²) in [5.41, 5.74) is 0. The van der Waals surface area contributed by atoms with Crippen molar-refractivity contribution in [3.05, 3.63) is 11.9 Å². The van der Waals surface area contributed by atoms with Gasteiger partial charge in [0.2, 0.25) is 5.88 Å². The first kappa shape index (κ1) is 13.0. The summed E-state index contributed by atoms with van der Waals surface area (Å²) in [6, 6.07) is 1.74. The van der Waals surface area contributed by atoms with Crippen molar-refractivity contribution >= 4 is 17.4 Å². The van der Waals surface area contributed by atoms with Gasteiger partial charge in [0.25, 0.3) is 0 Å². The molecule has 0 unspecified atom stereocenters. The second-order valence-corrected chi connectivity index (χ2v) is 3.45. The van der Waals surface area contributed by atoms with Gasteiger partial charge >= 0.3 is 0 Å². The van der Waals surface area contributed by atoms with E-state index in [0.29, 0.717) is 37.3 Å². The fraction of sp³-hybridized carbons (Fsp3) is 0.600. The molecule has 16 heavy (non-hydrogen) atoms. The van der Waals surface area contributed by atoms with Gasteiger partial charge in [0.1, 0.15) is 11.6 Å². The fourth-order valence-electron chi connectivity index (χ4n) is 1.14.